The van der Waals surface area contributed by atoms with Gasteiger partial charge < -0.3 is 9.84 Å². The van der Waals surface area contributed by atoms with Crippen LogP contribution >= 0.6 is 0 Å². The van der Waals surface area contributed by atoms with Gasteiger partial charge in [-0.1, -0.05) is 69.4 Å². The third kappa shape index (κ3) is 6.39. The average Bonchev–Trinajstić information content (AvgIpc) is 2.46. The molecule has 0 aliphatic carbocycles. The largest absolute Gasteiger partial charge is 0.464 e. The van der Waals surface area contributed by atoms with Crippen molar-refractivity contribution in [2.45, 2.75) is 51.6 Å². The fourth-order valence-corrected chi connectivity index (χ4v) is 1.91. The van der Waals surface area contributed by atoms with Crippen LogP contribution in [0.25, 0.3) is 0 Å². The monoisotopic (exact) mass is 264 g/mol. The topological polar surface area (TPSA) is 46.5 Å². The third-order valence-electron chi connectivity index (χ3n) is 3.08. The Hall–Kier alpha value is -1.35. The Morgan fingerprint density at radius 2 is 1.74 bits per heavy atom. The van der Waals surface area contributed by atoms with Gasteiger partial charge in [0.05, 0.1) is 6.61 Å². The normalized spacial score (nSPS) is 12.1. The summed E-state index contributed by atoms with van der Waals surface area (Å²) in [6, 6.07) is 8.87. The summed E-state index contributed by atoms with van der Waals surface area (Å²) in [6.07, 6.45) is 5.72. The van der Waals surface area contributed by atoms with Crippen molar-refractivity contribution in [3.63, 3.8) is 0 Å². The van der Waals surface area contributed by atoms with E-state index in [2.05, 4.69) is 6.92 Å². The Morgan fingerprint density at radius 3 is 2.42 bits per heavy atom. The zero-order chi connectivity index (χ0) is 13.9. The number of ether oxygens (including phenoxy) is 1. The SMILES string of the molecule is CCCCCCCCOC(=O)[C@@H](O)c1ccccc1. The second-order valence-electron chi connectivity index (χ2n) is 4.75. The second kappa shape index (κ2) is 9.56. The van der Waals surface area contributed by atoms with Crippen LogP contribution in [0.1, 0.15) is 57.1 Å². The van der Waals surface area contributed by atoms with Gasteiger partial charge in [0.1, 0.15) is 0 Å². The summed E-state index contributed by atoms with van der Waals surface area (Å²) < 4.78 is 5.08. The molecule has 1 N–H and O–H groups in total. The molecule has 106 valence electrons. The average molecular weight is 264 g/mol. The molecular formula is C16H24O3. The van der Waals surface area contributed by atoms with E-state index in [1.807, 2.05) is 6.07 Å². The van der Waals surface area contributed by atoms with Crippen LogP contribution in [0.2, 0.25) is 0 Å². The highest BCUT2D eigenvalue weighted by Gasteiger charge is 2.17. The molecule has 0 heterocycles. The molecule has 0 radical (unpaired) electrons. The lowest BCUT2D eigenvalue weighted by Crippen LogP contribution is -2.16. The molecule has 19 heavy (non-hydrogen) atoms. The number of unbranched alkanes of at least 4 members (excludes halogenated alkanes) is 5. The summed E-state index contributed by atoms with van der Waals surface area (Å²) >= 11 is 0. The molecule has 1 atom stereocenters. The van der Waals surface area contributed by atoms with Crippen LogP contribution in [0.3, 0.4) is 0 Å². The summed E-state index contributed by atoms with van der Waals surface area (Å²) in [5.74, 6) is -0.556. The van der Waals surface area contributed by atoms with E-state index in [1.54, 1.807) is 24.3 Å². The second-order valence-corrected chi connectivity index (χ2v) is 4.75. The minimum atomic E-state index is -1.17. The van der Waals surface area contributed by atoms with Crippen molar-refractivity contribution in [1.29, 1.82) is 0 Å². The highest BCUT2D eigenvalue weighted by Crippen LogP contribution is 2.14. The zero-order valence-electron chi connectivity index (χ0n) is 11.7. The number of aliphatic hydroxyl groups excluding tert-OH is 1. The van der Waals surface area contributed by atoms with Crippen LogP contribution in [0.4, 0.5) is 0 Å². The van der Waals surface area contributed by atoms with Crippen molar-refractivity contribution in [2.24, 2.45) is 0 Å². The Balaban J connectivity index is 2.14. The molecule has 0 saturated heterocycles. The van der Waals surface area contributed by atoms with Gasteiger partial charge in [0.15, 0.2) is 6.10 Å². The van der Waals surface area contributed by atoms with E-state index in [0.29, 0.717) is 12.2 Å². The number of hydrogen-bond acceptors (Lipinski definition) is 3. The van der Waals surface area contributed by atoms with Crippen LogP contribution in [0.5, 0.6) is 0 Å². The van der Waals surface area contributed by atoms with Crippen LogP contribution in [0, 0.1) is 0 Å². The minimum absolute atomic E-state index is 0.398. The van der Waals surface area contributed by atoms with E-state index in [-0.39, 0.29) is 0 Å². The molecule has 3 heteroatoms. The predicted molar refractivity (Wildman–Crippen MR) is 75.7 cm³/mol. The highest BCUT2D eigenvalue weighted by atomic mass is 16.5. The first-order valence-corrected chi connectivity index (χ1v) is 7.15. The van der Waals surface area contributed by atoms with Gasteiger partial charge in [-0.05, 0) is 12.0 Å². The summed E-state index contributed by atoms with van der Waals surface area (Å²) in [6.45, 7) is 2.58. The van der Waals surface area contributed by atoms with Gasteiger partial charge in [0.2, 0.25) is 0 Å². The Morgan fingerprint density at radius 1 is 1.11 bits per heavy atom. The number of aliphatic hydroxyl groups is 1. The van der Waals surface area contributed by atoms with E-state index < -0.39 is 12.1 Å². The molecular weight excluding hydrogens is 240 g/mol. The zero-order valence-corrected chi connectivity index (χ0v) is 11.7. The first-order chi connectivity index (χ1) is 9.25. The first kappa shape index (κ1) is 15.7. The van der Waals surface area contributed by atoms with Crippen LogP contribution in [0.15, 0.2) is 30.3 Å². The third-order valence-corrected chi connectivity index (χ3v) is 3.08. The molecule has 1 rings (SSSR count). The molecule has 0 saturated carbocycles. The maximum Gasteiger partial charge on any atom is 0.339 e. The maximum absolute atomic E-state index is 11.6. The van der Waals surface area contributed by atoms with Crippen molar-refractivity contribution in [1.82, 2.24) is 0 Å². The molecule has 0 unspecified atom stereocenters. The van der Waals surface area contributed by atoms with Gasteiger partial charge in [-0.2, -0.15) is 0 Å². The number of benzene rings is 1. The van der Waals surface area contributed by atoms with Crippen LogP contribution < -0.4 is 0 Å². The molecule has 1 aromatic carbocycles. The van der Waals surface area contributed by atoms with Crippen LogP contribution in [-0.2, 0) is 9.53 Å². The number of carbonyl (C=O) groups is 1. The van der Waals surface area contributed by atoms with E-state index >= 15 is 0 Å². The molecule has 0 amide bonds. The number of hydrogen-bond donors (Lipinski definition) is 1. The van der Waals surface area contributed by atoms with Crippen molar-refractivity contribution in [2.75, 3.05) is 6.61 Å². The van der Waals surface area contributed by atoms with Gasteiger partial charge in [-0.25, -0.2) is 4.79 Å². The maximum atomic E-state index is 11.6. The van der Waals surface area contributed by atoms with E-state index in [0.717, 1.165) is 12.8 Å². The Labute approximate surface area is 115 Å². The molecule has 3 nitrogen and oxygen atoms in total. The standard InChI is InChI=1S/C16H24O3/c1-2-3-4-5-6-10-13-19-16(18)15(17)14-11-8-7-9-12-14/h7-9,11-12,15,17H,2-6,10,13H2,1H3/t15-/m0/s1. The van der Waals surface area contributed by atoms with Crippen molar-refractivity contribution >= 4 is 5.97 Å². The van der Waals surface area contributed by atoms with Crippen LogP contribution in [-0.4, -0.2) is 17.7 Å². The minimum Gasteiger partial charge on any atom is -0.464 e. The van der Waals surface area contributed by atoms with E-state index in [1.165, 1.54) is 25.7 Å². The number of carbonyl (C=O) groups excluding carboxylic acids is 1. The molecule has 0 bridgehead atoms. The lowest BCUT2D eigenvalue weighted by Gasteiger charge is -2.10. The first-order valence-electron chi connectivity index (χ1n) is 7.15. The molecule has 1 aromatic rings. The summed E-state index contributed by atoms with van der Waals surface area (Å²) in [5.41, 5.74) is 0.579. The van der Waals surface area contributed by atoms with E-state index in [9.17, 15) is 9.90 Å². The van der Waals surface area contributed by atoms with Crippen molar-refractivity contribution in [3.8, 4) is 0 Å². The number of rotatable bonds is 9. The fraction of sp³-hybridized carbons (Fsp3) is 0.562. The summed E-state index contributed by atoms with van der Waals surface area (Å²) in [5, 5.41) is 9.79. The quantitative estimate of drug-likeness (QED) is 0.547. The number of esters is 1. The van der Waals surface area contributed by atoms with Gasteiger partial charge in [-0.15, -0.1) is 0 Å². The Bertz CT molecular complexity index is 348. The predicted octanol–water partition coefficient (Wildman–Crippen LogP) is 3.62. The van der Waals surface area contributed by atoms with Gasteiger partial charge in [0.25, 0.3) is 0 Å². The molecule has 0 spiro atoms. The fourth-order valence-electron chi connectivity index (χ4n) is 1.91. The van der Waals surface area contributed by atoms with Crippen molar-refractivity contribution < 1.29 is 14.6 Å². The van der Waals surface area contributed by atoms with Gasteiger partial charge >= 0.3 is 5.97 Å². The van der Waals surface area contributed by atoms with E-state index in [4.69, 9.17) is 4.74 Å². The summed E-state index contributed by atoms with van der Waals surface area (Å²) in [7, 11) is 0. The molecule has 0 aliphatic rings. The highest BCUT2D eigenvalue weighted by molar-refractivity contribution is 5.76. The summed E-state index contributed by atoms with van der Waals surface area (Å²) in [4.78, 5) is 11.6. The van der Waals surface area contributed by atoms with Gasteiger partial charge in [0, 0.05) is 0 Å². The van der Waals surface area contributed by atoms with Gasteiger partial charge in [-0.3, -0.25) is 0 Å². The smallest absolute Gasteiger partial charge is 0.339 e. The Kier molecular flexibility index (Phi) is 7.91. The lowest BCUT2D eigenvalue weighted by molar-refractivity contribution is -0.154. The molecule has 0 aromatic heterocycles. The lowest BCUT2D eigenvalue weighted by atomic mass is 10.1. The molecule has 0 aliphatic heterocycles. The molecule has 0 fully saturated rings. The van der Waals surface area contributed by atoms with Crippen molar-refractivity contribution in [3.05, 3.63) is 35.9 Å².